The molecule has 1 amide bonds. The molecule has 24 heavy (non-hydrogen) atoms. The number of carbonyl (C=O) groups excluding carboxylic acids is 1. The van der Waals surface area contributed by atoms with E-state index < -0.39 is 0 Å². The number of methoxy groups -OCH3 is 3. The molecule has 1 N–H and O–H groups in total. The monoisotopic (exact) mass is 391 g/mol. The van der Waals surface area contributed by atoms with Gasteiger partial charge in [0.05, 0.1) is 26.9 Å². The smallest absolute Gasteiger partial charge is 0.256 e. The van der Waals surface area contributed by atoms with Gasteiger partial charge in [0.25, 0.3) is 5.91 Å². The normalized spacial score (nSPS) is 10.5. The van der Waals surface area contributed by atoms with E-state index in [1.165, 1.54) is 7.11 Å². The fourth-order valence-corrected chi connectivity index (χ4v) is 2.54. The lowest BCUT2D eigenvalue weighted by Crippen LogP contribution is -2.17. The highest BCUT2D eigenvalue weighted by Crippen LogP contribution is 2.33. The average molecular weight is 392 g/mol. The summed E-state index contributed by atoms with van der Waals surface area (Å²) in [5.74, 6) is 1.57. The molecule has 0 aromatic heterocycles. The highest BCUT2D eigenvalue weighted by Gasteiger charge is 2.14. The van der Waals surface area contributed by atoms with Crippen molar-refractivity contribution in [3.8, 4) is 17.2 Å². The zero-order valence-corrected chi connectivity index (χ0v) is 15.2. The molecule has 0 aliphatic heterocycles. The standard InChI is InChI=1S/C18H18BrNO4/c1-22-13-6-4-12(5-7-13)8-9-20-18(21)14-10-16(23-2)17(24-3)11-15(14)19/h4-11H,1-3H3,(H,20,21)/b9-8+. The van der Waals surface area contributed by atoms with Gasteiger partial charge in [-0.2, -0.15) is 0 Å². The molecule has 0 atom stereocenters. The maximum Gasteiger partial charge on any atom is 0.256 e. The van der Waals surface area contributed by atoms with Crippen molar-refractivity contribution in [1.82, 2.24) is 5.32 Å². The molecule has 5 nitrogen and oxygen atoms in total. The molecule has 126 valence electrons. The molecule has 0 aliphatic rings. The van der Waals surface area contributed by atoms with E-state index >= 15 is 0 Å². The van der Waals surface area contributed by atoms with Crippen LogP contribution in [0.5, 0.6) is 17.2 Å². The summed E-state index contributed by atoms with van der Waals surface area (Å²) in [4.78, 5) is 12.3. The van der Waals surface area contributed by atoms with E-state index in [9.17, 15) is 4.79 Å². The second-order valence-corrected chi connectivity index (χ2v) is 5.62. The van der Waals surface area contributed by atoms with Crippen LogP contribution in [0, 0.1) is 0 Å². The maximum atomic E-state index is 12.3. The van der Waals surface area contributed by atoms with Crippen LogP contribution in [0.15, 0.2) is 47.1 Å². The van der Waals surface area contributed by atoms with Crippen molar-refractivity contribution >= 4 is 27.9 Å². The van der Waals surface area contributed by atoms with Crippen LogP contribution in [0.25, 0.3) is 6.08 Å². The van der Waals surface area contributed by atoms with Crippen LogP contribution in [-0.4, -0.2) is 27.2 Å². The van der Waals surface area contributed by atoms with Crippen molar-refractivity contribution in [2.24, 2.45) is 0 Å². The van der Waals surface area contributed by atoms with Crippen LogP contribution >= 0.6 is 15.9 Å². The summed E-state index contributed by atoms with van der Waals surface area (Å²) in [6.45, 7) is 0. The molecule has 0 unspecified atom stereocenters. The van der Waals surface area contributed by atoms with Gasteiger partial charge in [-0.1, -0.05) is 12.1 Å². The largest absolute Gasteiger partial charge is 0.497 e. The fourth-order valence-electron chi connectivity index (χ4n) is 2.03. The number of halogens is 1. The Hall–Kier alpha value is -2.47. The summed E-state index contributed by atoms with van der Waals surface area (Å²) in [6, 6.07) is 10.8. The first kappa shape index (κ1) is 17.9. The quantitative estimate of drug-likeness (QED) is 0.811. The third kappa shape index (κ3) is 4.29. The van der Waals surface area contributed by atoms with Crippen molar-refractivity contribution in [3.05, 3.63) is 58.2 Å². The number of carbonyl (C=O) groups is 1. The SMILES string of the molecule is COc1ccc(/C=C/NC(=O)c2cc(OC)c(OC)cc2Br)cc1. The lowest BCUT2D eigenvalue weighted by molar-refractivity contribution is 0.0969. The number of ether oxygens (including phenoxy) is 3. The zero-order chi connectivity index (χ0) is 17.5. The van der Waals surface area contributed by atoms with Gasteiger partial charge in [0.15, 0.2) is 11.5 Å². The van der Waals surface area contributed by atoms with Crippen LogP contribution < -0.4 is 19.5 Å². The molecule has 0 radical (unpaired) electrons. The second-order valence-electron chi connectivity index (χ2n) is 4.77. The molecular formula is C18H18BrNO4. The van der Waals surface area contributed by atoms with Gasteiger partial charge < -0.3 is 19.5 Å². The number of benzene rings is 2. The van der Waals surface area contributed by atoms with Gasteiger partial charge in [-0.25, -0.2) is 0 Å². The van der Waals surface area contributed by atoms with Crippen molar-refractivity contribution < 1.29 is 19.0 Å². The summed E-state index contributed by atoms with van der Waals surface area (Å²) in [6.07, 6.45) is 3.39. The molecule has 0 heterocycles. The minimum Gasteiger partial charge on any atom is -0.497 e. The van der Waals surface area contributed by atoms with Gasteiger partial charge in [0.1, 0.15) is 5.75 Å². The number of hydrogen-bond acceptors (Lipinski definition) is 4. The molecule has 0 saturated heterocycles. The summed E-state index contributed by atoms with van der Waals surface area (Å²) in [7, 11) is 4.69. The molecule has 0 fully saturated rings. The van der Waals surface area contributed by atoms with Gasteiger partial charge in [-0.15, -0.1) is 0 Å². The summed E-state index contributed by atoms with van der Waals surface area (Å²) in [5.41, 5.74) is 1.40. The third-order valence-corrected chi connectivity index (χ3v) is 3.98. The van der Waals surface area contributed by atoms with Gasteiger partial charge in [0, 0.05) is 10.7 Å². The van der Waals surface area contributed by atoms with Crippen molar-refractivity contribution in [3.63, 3.8) is 0 Å². The summed E-state index contributed by atoms with van der Waals surface area (Å²) < 4.78 is 16.1. The van der Waals surface area contributed by atoms with Crippen molar-refractivity contribution in [2.45, 2.75) is 0 Å². The lowest BCUT2D eigenvalue weighted by atomic mass is 10.2. The van der Waals surface area contributed by atoms with E-state index in [1.807, 2.05) is 24.3 Å². The Balaban J connectivity index is 2.10. The molecule has 6 heteroatoms. The molecule has 2 aromatic carbocycles. The van der Waals surface area contributed by atoms with Gasteiger partial charge in [-0.3, -0.25) is 4.79 Å². The lowest BCUT2D eigenvalue weighted by Gasteiger charge is -2.11. The predicted molar refractivity (Wildman–Crippen MR) is 96.7 cm³/mol. The van der Waals surface area contributed by atoms with E-state index in [0.29, 0.717) is 21.5 Å². The molecular weight excluding hydrogens is 374 g/mol. The van der Waals surface area contributed by atoms with Crippen molar-refractivity contribution in [1.29, 1.82) is 0 Å². The minimum atomic E-state index is -0.257. The Morgan fingerprint density at radius 3 is 2.21 bits per heavy atom. The zero-order valence-electron chi connectivity index (χ0n) is 13.6. The van der Waals surface area contributed by atoms with Gasteiger partial charge >= 0.3 is 0 Å². The Labute approximate surface area is 149 Å². The topological polar surface area (TPSA) is 56.8 Å². The molecule has 0 spiro atoms. The summed E-state index contributed by atoms with van der Waals surface area (Å²) in [5, 5.41) is 2.73. The van der Waals surface area contributed by atoms with E-state index in [1.54, 1.807) is 38.6 Å². The maximum absolute atomic E-state index is 12.3. The van der Waals surface area contributed by atoms with E-state index in [-0.39, 0.29) is 5.91 Å². The Bertz CT molecular complexity index is 741. The van der Waals surface area contributed by atoms with Crippen LogP contribution in [0.3, 0.4) is 0 Å². The third-order valence-electron chi connectivity index (χ3n) is 3.32. The number of rotatable bonds is 6. The Morgan fingerprint density at radius 1 is 1.00 bits per heavy atom. The van der Waals surface area contributed by atoms with Crippen molar-refractivity contribution in [2.75, 3.05) is 21.3 Å². The number of nitrogens with one attached hydrogen (secondary N) is 1. The predicted octanol–water partition coefficient (Wildman–Crippen LogP) is 3.88. The van der Waals surface area contributed by atoms with Gasteiger partial charge in [0.2, 0.25) is 0 Å². The van der Waals surface area contributed by atoms with Gasteiger partial charge in [-0.05, 0) is 51.8 Å². The first-order valence-electron chi connectivity index (χ1n) is 7.12. The first-order chi connectivity index (χ1) is 11.6. The number of amides is 1. The van der Waals surface area contributed by atoms with Crippen LogP contribution in [0.1, 0.15) is 15.9 Å². The minimum absolute atomic E-state index is 0.257. The molecule has 0 bridgehead atoms. The fraction of sp³-hybridized carbons (Fsp3) is 0.167. The average Bonchev–Trinajstić information content (AvgIpc) is 2.61. The summed E-state index contributed by atoms with van der Waals surface area (Å²) >= 11 is 3.37. The first-order valence-corrected chi connectivity index (χ1v) is 7.91. The highest BCUT2D eigenvalue weighted by molar-refractivity contribution is 9.10. The second kappa shape index (κ2) is 8.40. The van der Waals surface area contributed by atoms with Crippen LogP contribution in [0.4, 0.5) is 0 Å². The molecule has 0 aliphatic carbocycles. The van der Waals surface area contributed by atoms with E-state index in [0.717, 1.165) is 11.3 Å². The van der Waals surface area contributed by atoms with Crippen LogP contribution in [-0.2, 0) is 0 Å². The number of hydrogen-bond donors (Lipinski definition) is 1. The highest BCUT2D eigenvalue weighted by atomic mass is 79.9. The van der Waals surface area contributed by atoms with E-state index in [2.05, 4.69) is 21.2 Å². The molecule has 0 saturated carbocycles. The molecule has 2 aromatic rings. The molecule has 2 rings (SSSR count). The van der Waals surface area contributed by atoms with E-state index in [4.69, 9.17) is 14.2 Å². The van der Waals surface area contributed by atoms with Crippen LogP contribution in [0.2, 0.25) is 0 Å². The Morgan fingerprint density at radius 2 is 1.62 bits per heavy atom. The Kier molecular flexibility index (Phi) is 6.26.